The smallest absolute Gasteiger partial charge is 0.230 e. The minimum absolute atomic E-state index is 0.0235. The molecule has 0 radical (unpaired) electrons. The Morgan fingerprint density at radius 1 is 1.33 bits per heavy atom. The maximum atomic E-state index is 12.5. The topological polar surface area (TPSA) is 85.3 Å². The summed E-state index contributed by atoms with van der Waals surface area (Å²) < 4.78 is 6.47. The van der Waals surface area contributed by atoms with Gasteiger partial charge in [-0.1, -0.05) is 21.1 Å². The lowest BCUT2D eigenvalue weighted by atomic mass is 10.1. The van der Waals surface area contributed by atoms with Crippen LogP contribution in [0.2, 0.25) is 0 Å². The van der Waals surface area contributed by atoms with E-state index in [0.717, 1.165) is 9.04 Å². The first-order chi connectivity index (χ1) is 10.0. The predicted octanol–water partition coefficient (Wildman–Crippen LogP) is 2.99. The molecule has 0 saturated heterocycles. The van der Waals surface area contributed by atoms with Gasteiger partial charge in [0.1, 0.15) is 6.26 Å². The van der Waals surface area contributed by atoms with Crippen molar-refractivity contribution < 1.29 is 19.2 Å². The van der Waals surface area contributed by atoms with E-state index >= 15 is 0 Å². The van der Waals surface area contributed by atoms with E-state index in [2.05, 4.69) is 25.6 Å². The molecule has 106 valence electrons. The van der Waals surface area contributed by atoms with E-state index in [-0.39, 0.29) is 17.2 Å². The molecule has 7 heteroatoms. The molecule has 0 spiro atoms. The lowest BCUT2D eigenvalue weighted by Gasteiger charge is -2.00. The molecule has 0 aliphatic rings. The first-order valence-corrected chi connectivity index (χ1v) is 6.79. The van der Waals surface area contributed by atoms with E-state index in [0.29, 0.717) is 10.9 Å². The van der Waals surface area contributed by atoms with E-state index in [1.807, 2.05) is 0 Å². The summed E-state index contributed by atoms with van der Waals surface area (Å²) >= 11 is 3.31. The Labute approximate surface area is 127 Å². The van der Waals surface area contributed by atoms with Gasteiger partial charge >= 0.3 is 0 Å². The fourth-order valence-corrected chi connectivity index (χ4v) is 2.61. The molecule has 6 nitrogen and oxygen atoms in total. The van der Waals surface area contributed by atoms with Gasteiger partial charge in [0.2, 0.25) is 17.6 Å². The van der Waals surface area contributed by atoms with Gasteiger partial charge in [-0.15, -0.1) is 0 Å². The van der Waals surface area contributed by atoms with Crippen LogP contribution in [0, 0.1) is 0 Å². The number of halogens is 1. The normalized spacial score (nSPS) is 11.0. The molecule has 21 heavy (non-hydrogen) atoms. The van der Waals surface area contributed by atoms with E-state index < -0.39 is 11.7 Å². The van der Waals surface area contributed by atoms with Gasteiger partial charge < -0.3 is 9.63 Å². The number of rotatable bonds is 2. The second-order valence-electron chi connectivity index (χ2n) is 4.43. The standard InChI is InChI=1S/C14H9BrN2O4/c1-7(18)17-11-3-2-8(15)6-9(11)12(14(17)20)13(19)10-4-5-21-16-10/h2-6,20H,1H3. The maximum Gasteiger partial charge on any atom is 0.230 e. The molecule has 3 aromatic rings. The summed E-state index contributed by atoms with van der Waals surface area (Å²) in [5.41, 5.74) is 0.540. The molecule has 2 heterocycles. The Balaban J connectivity index is 2.36. The van der Waals surface area contributed by atoms with Crippen LogP contribution in [0.3, 0.4) is 0 Å². The highest BCUT2D eigenvalue weighted by Gasteiger charge is 2.26. The molecule has 0 saturated carbocycles. The molecule has 0 unspecified atom stereocenters. The molecule has 1 aromatic carbocycles. The van der Waals surface area contributed by atoms with E-state index in [1.54, 1.807) is 18.2 Å². The summed E-state index contributed by atoms with van der Waals surface area (Å²) in [6, 6.07) is 6.45. The number of hydrogen-bond acceptors (Lipinski definition) is 5. The lowest BCUT2D eigenvalue weighted by molar-refractivity contribution is 0.0933. The highest BCUT2D eigenvalue weighted by Crippen LogP contribution is 2.34. The van der Waals surface area contributed by atoms with Gasteiger partial charge in [0.05, 0.1) is 11.1 Å². The van der Waals surface area contributed by atoms with E-state index in [9.17, 15) is 14.7 Å². The quantitative estimate of drug-likeness (QED) is 0.719. The molecule has 1 N–H and O–H groups in total. The van der Waals surface area contributed by atoms with Crippen molar-refractivity contribution in [1.29, 1.82) is 0 Å². The van der Waals surface area contributed by atoms with Crippen molar-refractivity contribution in [1.82, 2.24) is 9.72 Å². The van der Waals surface area contributed by atoms with Crippen LogP contribution in [0.5, 0.6) is 5.88 Å². The van der Waals surface area contributed by atoms with Crippen LogP contribution < -0.4 is 0 Å². The molecule has 0 amide bonds. The SMILES string of the molecule is CC(=O)n1c(O)c(C(=O)c2ccon2)c2cc(Br)ccc21. The monoisotopic (exact) mass is 348 g/mol. The first-order valence-electron chi connectivity index (χ1n) is 5.99. The predicted molar refractivity (Wildman–Crippen MR) is 77.5 cm³/mol. The molecule has 0 bridgehead atoms. The summed E-state index contributed by atoms with van der Waals surface area (Å²) in [4.78, 5) is 24.2. The van der Waals surface area contributed by atoms with Crippen LogP contribution in [-0.4, -0.2) is 26.5 Å². The van der Waals surface area contributed by atoms with Crippen LogP contribution in [0.25, 0.3) is 10.9 Å². The van der Waals surface area contributed by atoms with Crippen molar-refractivity contribution >= 4 is 38.5 Å². The molecule has 0 aliphatic heterocycles. The van der Waals surface area contributed by atoms with Gasteiger partial charge in [-0.3, -0.25) is 14.2 Å². The minimum atomic E-state index is -0.510. The van der Waals surface area contributed by atoms with Crippen molar-refractivity contribution in [2.45, 2.75) is 6.92 Å². The van der Waals surface area contributed by atoms with E-state index in [4.69, 9.17) is 0 Å². The molecule has 0 aliphatic carbocycles. The van der Waals surface area contributed by atoms with Gasteiger partial charge in [0.15, 0.2) is 5.69 Å². The third-order valence-corrected chi connectivity index (χ3v) is 3.61. The number of benzene rings is 1. The summed E-state index contributed by atoms with van der Waals surface area (Å²) in [7, 11) is 0. The zero-order valence-corrected chi connectivity index (χ0v) is 12.4. The van der Waals surface area contributed by atoms with Gasteiger partial charge in [0.25, 0.3) is 0 Å². The maximum absolute atomic E-state index is 12.5. The van der Waals surface area contributed by atoms with Crippen molar-refractivity contribution in [3.63, 3.8) is 0 Å². The Kier molecular flexibility index (Phi) is 3.13. The average molecular weight is 349 g/mol. The Morgan fingerprint density at radius 2 is 2.10 bits per heavy atom. The molecule has 0 atom stereocenters. The van der Waals surface area contributed by atoms with Crippen molar-refractivity contribution in [2.75, 3.05) is 0 Å². The number of carbonyl (C=O) groups excluding carboxylic acids is 2. The molecule has 3 rings (SSSR count). The van der Waals surface area contributed by atoms with Crippen LogP contribution in [0.15, 0.2) is 39.5 Å². The summed E-state index contributed by atoms with van der Waals surface area (Å²) in [6.07, 6.45) is 1.27. The second kappa shape index (κ2) is 4.85. The fraction of sp³-hybridized carbons (Fsp3) is 0.0714. The third kappa shape index (κ3) is 2.06. The zero-order chi connectivity index (χ0) is 15.1. The van der Waals surface area contributed by atoms with Crippen LogP contribution in [-0.2, 0) is 0 Å². The van der Waals surface area contributed by atoms with Gasteiger partial charge in [-0.25, -0.2) is 0 Å². The molecular weight excluding hydrogens is 340 g/mol. The van der Waals surface area contributed by atoms with Crippen LogP contribution in [0.4, 0.5) is 0 Å². The zero-order valence-electron chi connectivity index (χ0n) is 10.8. The van der Waals surface area contributed by atoms with Crippen molar-refractivity contribution in [2.24, 2.45) is 0 Å². The number of aromatic hydroxyl groups is 1. The molecule has 0 fully saturated rings. The molecule has 2 aromatic heterocycles. The lowest BCUT2D eigenvalue weighted by Crippen LogP contribution is -2.06. The Hall–Kier alpha value is -2.41. The first kappa shape index (κ1) is 13.6. The number of aromatic nitrogens is 2. The number of hydrogen-bond donors (Lipinski definition) is 1. The Bertz CT molecular complexity index is 865. The number of nitrogens with zero attached hydrogens (tertiary/aromatic N) is 2. The highest BCUT2D eigenvalue weighted by atomic mass is 79.9. The van der Waals surface area contributed by atoms with E-state index in [1.165, 1.54) is 19.3 Å². The van der Waals surface area contributed by atoms with Crippen molar-refractivity contribution in [3.8, 4) is 5.88 Å². The Morgan fingerprint density at radius 3 is 2.71 bits per heavy atom. The second-order valence-corrected chi connectivity index (χ2v) is 5.34. The van der Waals surface area contributed by atoms with Crippen molar-refractivity contribution in [3.05, 3.63) is 46.3 Å². The summed E-state index contributed by atoms with van der Waals surface area (Å²) in [6.45, 7) is 1.31. The minimum Gasteiger partial charge on any atom is -0.494 e. The van der Waals surface area contributed by atoms with Crippen LogP contribution in [0.1, 0.15) is 27.8 Å². The highest BCUT2D eigenvalue weighted by molar-refractivity contribution is 9.10. The number of fused-ring (bicyclic) bond motifs is 1. The average Bonchev–Trinajstić information content (AvgIpc) is 3.03. The molecular formula is C14H9BrN2O4. The summed E-state index contributed by atoms with van der Waals surface area (Å²) in [5.74, 6) is -1.30. The summed E-state index contributed by atoms with van der Waals surface area (Å²) in [5, 5.41) is 14.3. The largest absolute Gasteiger partial charge is 0.494 e. The van der Waals surface area contributed by atoms with Gasteiger partial charge in [-0.05, 0) is 18.2 Å². The van der Waals surface area contributed by atoms with Gasteiger partial charge in [0, 0.05) is 22.8 Å². The third-order valence-electron chi connectivity index (χ3n) is 3.12. The number of carbonyl (C=O) groups is 2. The number of ketones is 1. The fourth-order valence-electron chi connectivity index (χ4n) is 2.25. The van der Waals surface area contributed by atoms with Crippen LogP contribution >= 0.6 is 15.9 Å². The van der Waals surface area contributed by atoms with Gasteiger partial charge in [-0.2, -0.15) is 0 Å².